The topological polar surface area (TPSA) is 30.0 Å². The van der Waals surface area contributed by atoms with Crippen molar-refractivity contribution in [1.29, 1.82) is 0 Å². The van der Waals surface area contributed by atoms with Crippen LogP contribution in [0, 0.1) is 0 Å². The SMILES string of the molecule is F[B]F.O=C(Cc1ccccn1)c1ccccc1. The summed E-state index contributed by atoms with van der Waals surface area (Å²) in [6.07, 6.45) is 2.07. The average molecular weight is 246 g/mol. The first-order valence-corrected chi connectivity index (χ1v) is 5.28. The summed E-state index contributed by atoms with van der Waals surface area (Å²) in [7, 11) is -1.00. The van der Waals surface area contributed by atoms with Gasteiger partial charge in [-0.1, -0.05) is 36.4 Å². The average Bonchev–Trinajstić information content (AvgIpc) is 2.42. The van der Waals surface area contributed by atoms with Crippen molar-refractivity contribution in [3.05, 3.63) is 66.0 Å². The molecule has 0 N–H and O–H groups in total. The summed E-state index contributed by atoms with van der Waals surface area (Å²) in [6.45, 7) is 0. The van der Waals surface area contributed by atoms with Crippen molar-refractivity contribution in [3.63, 3.8) is 0 Å². The van der Waals surface area contributed by atoms with Gasteiger partial charge in [-0.25, -0.2) is 0 Å². The molecule has 0 fully saturated rings. The predicted octanol–water partition coefficient (Wildman–Crippen LogP) is 2.97. The third kappa shape index (κ3) is 4.87. The van der Waals surface area contributed by atoms with Crippen LogP contribution in [-0.4, -0.2) is 18.6 Å². The molecule has 0 atom stereocenters. The third-order valence-electron chi connectivity index (χ3n) is 2.16. The summed E-state index contributed by atoms with van der Waals surface area (Å²) in [6, 6.07) is 14.9. The van der Waals surface area contributed by atoms with Crippen LogP contribution in [0.5, 0.6) is 0 Å². The molecule has 0 aliphatic heterocycles. The molecule has 1 radical (unpaired) electrons. The number of ketones is 1. The zero-order valence-electron chi connectivity index (χ0n) is 9.59. The standard InChI is InChI=1S/C13H11NO.BF2/c15-13(11-6-2-1-3-7-11)10-12-8-4-5-9-14-12;2-1-3/h1-9H,10H2;. The lowest BCUT2D eigenvalue weighted by atomic mass is 10.1. The maximum absolute atomic E-state index is 11.8. The lowest BCUT2D eigenvalue weighted by molar-refractivity contribution is 0.0992. The Hall–Kier alpha value is -2.04. The maximum atomic E-state index is 11.8. The van der Waals surface area contributed by atoms with Crippen LogP contribution in [0.1, 0.15) is 16.1 Å². The van der Waals surface area contributed by atoms with Gasteiger partial charge in [-0.05, 0) is 12.1 Å². The van der Waals surface area contributed by atoms with Gasteiger partial charge in [0.2, 0.25) is 0 Å². The molecule has 18 heavy (non-hydrogen) atoms. The largest absolute Gasteiger partial charge is 0.577 e. The molecule has 91 valence electrons. The van der Waals surface area contributed by atoms with Crippen molar-refractivity contribution in [1.82, 2.24) is 4.98 Å². The first kappa shape index (κ1) is 14.0. The number of Topliss-reactive ketones (excluding diaryl/α,β-unsaturated/α-hetero) is 1. The molecule has 1 aromatic carbocycles. The molecule has 0 amide bonds. The Morgan fingerprint density at radius 1 is 1.06 bits per heavy atom. The van der Waals surface area contributed by atoms with Gasteiger partial charge in [-0.2, -0.15) is 0 Å². The van der Waals surface area contributed by atoms with Crippen LogP contribution in [0.15, 0.2) is 54.7 Å². The monoisotopic (exact) mass is 246 g/mol. The van der Waals surface area contributed by atoms with Crippen molar-refractivity contribution in [2.24, 2.45) is 0 Å². The van der Waals surface area contributed by atoms with Gasteiger partial charge in [0.05, 0.1) is 6.42 Å². The van der Waals surface area contributed by atoms with Gasteiger partial charge in [0.15, 0.2) is 5.78 Å². The Balaban J connectivity index is 0.000000492. The Kier molecular flexibility index (Phi) is 6.32. The number of nitrogens with zero attached hydrogens (tertiary/aromatic N) is 1. The van der Waals surface area contributed by atoms with Crippen LogP contribution in [0.25, 0.3) is 0 Å². The quantitative estimate of drug-likeness (QED) is 0.615. The predicted molar refractivity (Wildman–Crippen MR) is 66.7 cm³/mol. The van der Waals surface area contributed by atoms with Crippen molar-refractivity contribution >= 4 is 13.6 Å². The summed E-state index contributed by atoms with van der Waals surface area (Å²) in [5.41, 5.74) is 1.55. The van der Waals surface area contributed by atoms with Gasteiger partial charge in [-0.3, -0.25) is 18.4 Å². The summed E-state index contributed by atoms with van der Waals surface area (Å²) in [5, 5.41) is 0. The minimum absolute atomic E-state index is 0.106. The van der Waals surface area contributed by atoms with Crippen LogP contribution >= 0.6 is 0 Å². The molecule has 2 rings (SSSR count). The molecule has 5 heteroatoms. The van der Waals surface area contributed by atoms with E-state index < -0.39 is 7.83 Å². The molecule has 0 unspecified atom stereocenters. The number of carbonyl (C=O) groups is 1. The van der Waals surface area contributed by atoms with E-state index in [0.29, 0.717) is 6.42 Å². The zero-order valence-corrected chi connectivity index (χ0v) is 9.59. The van der Waals surface area contributed by atoms with E-state index in [4.69, 9.17) is 0 Å². The van der Waals surface area contributed by atoms with E-state index in [1.54, 1.807) is 6.20 Å². The van der Waals surface area contributed by atoms with Gasteiger partial charge < -0.3 is 0 Å². The third-order valence-corrected chi connectivity index (χ3v) is 2.16. The van der Waals surface area contributed by atoms with E-state index in [1.165, 1.54) is 0 Å². The molecule has 1 heterocycles. The molecule has 0 bridgehead atoms. The molecule has 0 saturated carbocycles. The van der Waals surface area contributed by atoms with Crippen LogP contribution in [0.4, 0.5) is 8.63 Å². The molecule has 0 saturated heterocycles. The summed E-state index contributed by atoms with van der Waals surface area (Å²) in [4.78, 5) is 15.9. The Bertz CT molecular complexity index is 465. The van der Waals surface area contributed by atoms with Crippen LogP contribution < -0.4 is 0 Å². The zero-order chi connectivity index (χ0) is 13.2. The molecule has 2 aromatic rings. The molecule has 0 aliphatic rings. The Morgan fingerprint density at radius 2 is 1.67 bits per heavy atom. The van der Waals surface area contributed by atoms with E-state index in [2.05, 4.69) is 4.98 Å². The highest BCUT2D eigenvalue weighted by molar-refractivity contribution is 6.15. The number of aromatic nitrogens is 1. The minimum atomic E-state index is -1.00. The van der Waals surface area contributed by atoms with Crippen molar-refractivity contribution in [3.8, 4) is 0 Å². The first-order chi connectivity index (χ1) is 8.77. The van der Waals surface area contributed by atoms with Crippen LogP contribution in [0.2, 0.25) is 0 Å². The van der Waals surface area contributed by atoms with Crippen molar-refractivity contribution in [2.75, 3.05) is 0 Å². The lowest BCUT2D eigenvalue weighted by Gasteiger charge is -1.99. The molecule has 0 spiro atoms. The molecular formula is C13H11BF2NO. The van der Waals surface area contributed by atoms with Crippen molar-refractivity contribution < 1.29 is 13.4 Å². The van der Waals surface area contributed by atoms with Crippen LogP contribution in [0.3, 0.4) is 0 Å². The molecular weight excluding hydrogens is 235 g/mol. The Labute approximate surface area is 105 Å². The van der Waals surface area contributed by atoms with Crippen LogP contribution in [-0.2, 0) is 6.42 Å². The number of halogens is 2. The molecule has 2 nitrogen and oxygen atoms in total. The number of pyridine rings is 1. The highest BCUT2D eigenvalue weighted by Crippen LogP contribution is 2.04. The number of hydrogen-bond donors (Lipinski definition) is 0. The highest BCUT2D eigenvalue weighted by atomic mass is 19.2. The summed E-state index contributed by atoms with van der Waals surface area (Å²) < 4.78 is 19.0. The smallest absolute Gasteiger partial charge is 0.294 e. The van der Waals surface area contributed by atoms with Gasteiger partial charge in [0.25, 0.3) is 0 Å². The van der Waals surface area contributed by atoms with E-state index in [-0.39, 0.29) is 5.78 Å². The Morgan fingerprint density at radius 3 is 2.22 bits per heavy atom. The maximum Gasteiger partial charge on any atom is 0.577 e. The van der Waals surface area contributed by atoms with E-state index in [1.807, 2.05) is 48.5 Å². The van der Waals surface area contributed by atoms with E-state index in [0.717, 1.165) is 11.3 Å². The fourth-order valence-electron chi connectivity index (χ4n) is 1.39. The van der Waals surface area contributed by atoms with E-state index in [9.17, 15) is 13.4 Å². The second kappa shape index (κ2) is 8.11. The number of carbonyl (C=O) groups excluding carboxylic acids is 1. The van der Waals surface area contributed by atoms with Gasteiger partial charge >= 0.3 is 7.83 Å². The second-order valence-corrected chi connectivity index (χ2v) is 3.37. The lowest BCUT2D eigenvalue weighted by Crippen LogP contribution is -2.04. The second-order valence-electron chi connectivity index (χ2n) is 3.37. The fourth-order valence-corrected chi connectivity index (χ4v) is 1.39. The summed E-state index contributed by atoms with van der Waals surface area (Å²) in [5.74, 6) is 0.106. The molecule has 1 aromatic heterocycles. The van der Waals surface area contributed by atoms with E-state index >= 15 is 0 Å². The van der Waals surface area contributed by atoms with Crippen molar-refractivity contribution in [2.45, 2.75) is 6.42 Å². The number of benzene rings is 1. The number of rotatable bonds is 3. The van der Waals surface area contributed by atoms with Gasteiger partial charge in [0.1, 0.15) is 0 Å². The normalized spacial score (nSPS) is 9.00. The first-order valence-electron chi connectivity index (χ1n) is 5.28. The minimum Gasteiger partial charge on any atom is -0.294 e. The fraction of sp³-hybridized carbons (Fsp3) is 0.0769. The highest BCUT2D eigenvalue weighted by Gasteiger charge is 2.06. The number of hydrogen-bond acceptors (Lipinski definition) is 2. The molecule has 0 aliphatic carbocycles. The summed E-state index contributed by atoms with van der Waals surface area (Å²) >= 11 is 0. The van der Waals surface area contributed by atoms with Gasteiger partial charge in [0, 0.05) is 17.5 Å². The van der Waals surface area contributed by atoms with Gasteiger partial charge in [-0.15, -0.1) is 0 Å².